The van der Waals surface area contributed by atoms with Gasteiger partial charge in [0, 0.05) is 43.4 Å². The molecule has 138 valence electrons. The molecule has 0 N–H and O–H groups in total. The standard InChI is InChI=1S/C20H20N4O3/c1-26-17-6-4-14(5-7-17)10-19(25)24-12-15(13-24)9-18-22-20(23-27-18)16-3-2-8-21-11-16/h2-8,11,15H,9-10,12-13H2,1H3. The molecule has 0 radical (unpaired) electrons. The second-order valence-electron chi connectivity index (χ2n) is 6.65. The summed E-state index contributed by atoms with van der Waals surface area (Å²) in [5, 5.41) is 4.01. The van der Waals surface area contributed by atoms with Crippen LogP contribution in [0.25, 0.3) is 11.4 Å². The second kappa shape index (κ2) is 7.57. The predicted molar refractivity (Wildman–Crippen MR) is 98.0 cm³/mol. The Hall–Kier alpha value is -3.22. The molecule has 1 aliphatic heterocycles. The van der Waals surface area contributed by atoms with E-state index in [0.717, 1.165) is 30.0 Å². The normalized spacial score (nSPS) is 14.0. The summed E-state index contributed by atoms with van der Waals surface area (Å²) >= 11 is 0. The summed E-state index contributed by atoms with van der Waals surface area (Å²) in [6.07, 6.45) is 4.50. The number of benzene rings is 1. The van der Waals surface area contributed by atoms with Crippen LogP contribution in [0.4, 0.5) is 0 Å². The highest BCUT2D eigenvalue weighted by Crippen LogP contribution is 2.23. The van der Waals surface area contributed by atoms with Crippen LogP contribution in [0.5, 0.6) is 5.75 Å². The van der Waals surface area contributed by atoms with Crippen molar-refractivity contribution in [2.75, 3.05) is 20.2 Å². The van der Waals surface area contributed by atoms with Crippen molar-refractivity contribution in [2.45, 2.75) is 12.8 Å². The van der Waals surface area contributed by atoms with Crippen molar-refractivity contribution >= 4 is 5.91 Å². The molecule has 0 atom stereocenters. The van der Waals surface area contributed by atoms with Gasteiger partial charge >= 0.3 is 0 Å². The molecular weight excluding hydrogens is 344 g/mol. The summed E-state index contributed by atoms with van der Waals surface area (Å²) in [5.74, 6) is 2.43. The fraction of sp³-hybridized carbons (Fsp3) is 0.300. The maximum absolute atomic E-state index is 12.4. The molecule has 0 unspecified atom stereocenters. The molecule has 3 heterocycles. The fourth-order valence-corrected chi connectivity index (χ4v) is 3.13. The van der Waals surface area contributed by atoms with Gasteiger partial charge in [-0.25, -0.2) is 0 Å². The number of nitrogens with zero attached hydrogens (tertiary/aromatic N) is 4. The molecule has 27 heavy (non-hydrogen) atoms. The molecule has 1 aromatic carbocycles. The smallest absolute Gasteiger partial charge is 0.227 e. The highest BCUT2D eigenvalue weighted by molar-refractivity contribution is 5.79. The highest BCUT2D eigenvalue weighted by Gasteiger charge is 2.31. The predicted octanol–water partition coefficient (Wildman–Crippen LogP) is 2.38. The minimum Gasteiger partial charge on any atom is -0.497 e. The van der Waals surface area contributed by atoms with Gasteiger partial charge in [0.2, 0.25) is 17.6 Å². The van der Waals surface area contributed by atoms with Crippen molar-refractivity contribution in [3.63, 3.8) is 0 Å². The van der Waals surface area contributed by atoms with E-state index in [0.29, 0.717) is 30.5 Å². The monoisotopic (exact) mass is 364 g/mol. The van der Waals surface area contributed by atoms with Gasteiger partial charge in [-0.1, -0.05) is 17.3 Å². The molecule has 0 saturated carbocycles. The Morgan fingerprint density at radius 2 is 2.07 bits per heavy atom. The zero-order valence-electron chi connectivity index (χ0n) is 15.0. The van der Waals surface area contributed by atoms with Gasteiger partial charge in [-0.2, -0.15) is 4.98 Å². The van der Waals surface area contributed by atoms with Crippen LogP contribution in [0.2, 0.25) is 0 Å². The van der Waals surface area contributed by atoms with Gasteiger partial charge in [0.15, 0.2) is 0 Å². The molecule has 4 rings (SSSR count). The topological polar surface area (TPSA) is 81.4 Å². The second-order valence-corrected chi connectivity index (χ2v) is 6.65. The Kier molecular flexibility index (Phi) is 4.82. The first-order chi connectivity index (χ1) is 13.2. The van der Waals surface area contributed by atoms with E-state index < -0.39 is 0 Å². The van der Waals surface area contributed by atoms with E-state index >= 15 is 0 Å². The molecule has 0 aliphatic carbocycles. The van der Waals surface area contributed by atoms with Gasteiger partial charge in [0.1, 0.15) is 5.75 Å². The molecule has 1 saturated heterocycles. The number of hydrogen-bond acceptors (Lipinski definition) is 6. The molecule has 1 fully saturated rings. The largest absolute Gasteiger partial charge is 0.497 e. The molecule has 1 aliphatic rings. The van der Waals surface area contributed by atoms with Crippen LogP contribution in [0.3, 0.4) is 0 Å². The van der Waals surface area contributed by atoms with Gasteiger partial charge in [0.05, 0.1) is 13.5 Å². The number of aromatic nitrogens is 3. The van der Waals surface area contributed by atoms with Crippen LogP contribution in [-0.2, 0) is 17.6 Å². The van der Waals surface area contributed by atoms with E-state index in [2.05, 4.69) is 15.1 Å². The summed E-state index contributed by atoms with van der Waals surface area (Å²) in [6.45, 7) is 1.44. The maximum Gasteiger partial charge on any atom is 0.227 e. The number of hydrogen-bond donors (Lipinski definition) is 0. The number of carbonyl (C=O) groups is 1. The first-order valence-corrected chi connectivity index (χ1v) is 8.85. The maximum atomic E-state index is 12.4. The zero-order valence-corrected chi connectivity index (χ0v) is 15.0. The van der Waals surface area contributed by atoms with E-state index in [1.54, 1.807) is 19.5 Å². The lowest BCUT2D eigenvalue weighted by Gasteiger charge is -2.38. The van der Waals surface area contributed by atoms with Gasteiger partial charge in [-0.05, 0) is 29.8 Å². The summed E-state index contributed by atoms with van der Waals surface area (Å²) in [6, 6.07) is 11.3. The lowest BCUT2D eigenvalue weighted by atomic mass is 9.95. The van der Waals surface area contributed by atoms with E-state index in [-0.39, 0.29) is 5.91 Å². The third-order valence-electron chi connectivity index (χ3n) is 4.68. The molecule has 0 spiro atoms. The third-order valence-corrected chi connectivity index (χ3v) is 4.68. The molecule has 7 heteroatoms. The summed E-state index contributed by atoms with van der Waals surface area (Å²) in [4.78, 5) is 22.7. The SMILES string of the molecule is COc1ccc(CC(=O)N2CC(Cc3nc(-c4cccnc4)no3)C2)cc1. The molecule has 2 aromatic heterocycles. The van der Waals surface area contributed by atoms with Crippen LogP contribution in [0.15, 0.2) is 53.3 Å². The fourth-order valence-electron chi connectivity index (χ4n) is 3.13. The molecular formula is C20H20N4O3. The lowest BCUT2D eigenvalue weighted by Crippen LogP contribution is -2.51. The minimum atomic E-state index is 0.137. The van der Waals surface area contributed by atoms with Crippen molar-refractivity contribution in [1.82, 2.24) is 20.0 Å². The van der Waals surface area contributed by atoms with Gasteiger partial charge in [-0.3, -0.25) is 9.78 Å². The van der Waals surface area contributed by atoms with Crippen molar-refractivity contribution in [3.8, 4) is 17.1 Å². The van der Waals surface area contributed by atoms with Crippen molar-refractivity contribution in [3.05, 3.63) is 60.2 Å². The Bertz CT molecular complexity index is 902. The van der Waals surface area contributed by atoms with Crippen molar-refractivity contribution in [1.29, 1.82) is 0 Å². The average molecular weight is 364 g/mol. The van der Waals surface area contributed by atoms with Crippen LogP contribution in [0.1, 0.15) is 11.5 Å². The third kappa shape index (κ3) is 3.97. The van der Waals surface area contributed by atoms with Gasteiger partial charge < -0.3 is 14.2 Å². The number of amides is 1. The van der Waals surface area contributed by atoms with Crippen LogP contribution < -0.4 is 4.74 Å². The number of pyridine rings is 1. The zero-order chi connectivity index (χ0) is 18.6. The average Bonchev–Trinajstić information content (AvgIpc) is 3.14. The van der Waals surface area contributed by atoms with Gasteiger partial charge in [0.25, 0.3) is 0 Å². The summed E-state index contributed by atoms with van der Waals surface area (Å²) < 4.78 is 10.5. The van der Waals surface area contributed by atoms with Gasteiger partial charge in [-0.15, -0.1) is 0 Å². The van der Waals surface area contributed by atoms with Crippen LogP contribution in [0, 0.1) is 5.92 Å². The number of methoxy groups -OCH3 is 1. The summed E-state index contributed by atoms with van der Waals surface area (Å²) in [7, 11) is 1.63. The number of likely N-dealkylation sites (tertiary alicyclic amines) is 1. The van der Waals surface area contributed by atoms with Crippen molar-refractivity contribution < 1.29 is 14.1 Å². The number of carbonyl (C=O) groups excluding carboxylic acids is 1. The molecule has 3 aromatic rings. The van der Waals surface area contributed by atoms with E-state index in [1.807, 2.05) is 41.3 Å². The molecule has 1 amide bonds. The first-order valence-electron chi connectivity index (χ1n) is 8.85. The van der Waals surface area contributed by atoms with Crippen LogP contribution in [-0.4, -0.2) is 46.1 Å². The number of ether oxygens (including phenoxy) is 1. The summed E-state index contributed by atoms with van der Waals surface area (Å²) in [5.41, 5.74) is 1.82. The van der Waals surface area contributed by atoms with E-state index in [4.69, 9.17) is 9.26 Å². The van der Waals surface area contributed by atoms with E-state index in [1.165, 1.54) is 0 Å². The Morgan fingerprint density at radius 1 is 1.26 bits per heavy atom. The Balaban J connectivity index is 1.27. The quantitative estimate of drug-likeness (QED) is 0.668. The molecule has 0 bridgehead atoms. The van der Waals surface area contributed by atoms with Crippen LogP contribution >= 0.6 is 0 Å². The first kappa shape index (κ1) is 17.2. The lowest BCUT2D eigenvalue weighted by molar-refractivity contribution is -0.136. The van der Waals surface area contributed by atoms with E-state index in [9.17, 15) is 4.79 Å². The molecule has 7 nitrogen and oxygen atoms in total. The Labute approximate surface area is 157 Å². The minimum absolute atomic E-state index is 0.137. The Morgan fingerprint density at radius 3 is 2.78 bits per heavy atom. The van der Waals surface area contributed by atoms with Crippen molar-refractivity contribution in [2.24, 2.45) is 5.92 Å². The highest BCUT2D eigenvalue weighted by atomic mass is 16.5. The number of rotatable bonds is 6.